The third-order valence-corrected chi connectivity index (χ3v) is 6.15. The van der Waals surface area contributed by atoms with E-state index in [0.29, 0.717) is 29.0 Å². The molecule has 2 heterocycles. The summed E-state index contributed by atoms with van der Waals surface area (Å²) in [6.07, 6.45) is -0.00257. The Balaban J connectivity index is 1.68. The van der Waals surface area contributed by atoms with Gasteiger partial charge in [-0.05, 0) is 50.2 Å². The molecule has 1 unspecified atom stereocenters. The van der Waals surface area contributed by atoms with E-state index in [-0.39, 0.29) is 24.1 Å². The molecule has 2 amide bonds. The molecule has 7 heteroatoms. The SMILES string of the molecule is CC(C)Oc1ccc(C23c4ccccc4C(=O)N2CCN3C(=O)c2ccc(F)c(F)c2)cc1. The molecule has 0 aromatic heterocycles. The molecule has 0 N–H and O–H groups in total. The molecular weight excluding hydrogens is 426 g/mol. The summed E-state index contributed by atoms with van der Waals surface area (Å²) in [4.78, 5) is 30.2. The van der Waals surface area contributed by atoms with Crippen LogP contribution in [0.5, 0.6) is 5.75 Å². The fraction of sp³-hybridized carbons (Fsp3) is 0.231. The summed E-state index contributed by atoms with van der Waals surface area (Å²) in [5.74, 6) is -2.10. The van der Waals surface area contributed by atoms with Crippen molar-refractivity contribution in [3.05, 3.63) is 101 Å². The van der Waals surface area contributed by atoms with Crippen LogP contribution >= 0.6 is 0 Å². The number of carbonyl (C=O) groups is 2. The second-order valence-corrected chi connectivity index (χ2v) is 8.45. The van der Waals surface area contributed by atoms with E-state index in [4.69, 9.17) is 4.74 Å². The largest absolute Gasteiger partial charge is 0.491 e. The van der Waals surface area contributed by atoms with Crippen molar-refractivity contribution in [3.8, 4) is 5.75 Å². The third-order valence-electron chi connectivity index (χ3n) is 6.15. The van der Waals surface area contributed by atoms with Crippen LogP contribution < -0.4 is 4.74 Å². The third kappa shape index (κ3) is 3.10. The average Bonchev–Trinajstić information content (AvgIpc) is 3.31. The molecule has 168 valence electrons. The minimum Gasteiger partial charge on any atom is -0.491 e. The van der Waals surface area contributed by atoms with Gasteiger partial charge in [-0.15, -0.1) is 0 Å². The van der Waals surface area contributed by atoms with Crippen LogP contribution in [0.1, 0.15) is 45.7 Å². The maximum atomic E-state index is 13.9. The number of benzene rings is 3. The fourth-order valence-corrected chi connectivity index (χ4v) is 4.87. The lowest BCUT2D eigenvalue weighted by atomic mass is 9.89. The van der Waals surface area contributed by atoms with Gasteiger partial charge in [0.2, 0.25) is 0 Å². The van der Waals surface area contributed by atoms with Crippen molar-refractivity contribution in [2.24, 2.45) is 0 Å². The molecule has 5 nitrogen and oxygen atoms in total. The van der Waals surface area contributed by atoms with Crippen LogP contribution in [-0.4, -0.2) is 40.8 Å². The zero-order valence-electron chi connectivity index (χ0n) is 18.2. The van der Waals surface area contributed by atoms with E-state index in [1.807, 2.05) is 50.2 Å². The lowest BCUT2D eigenvalue weighted by Gasteiger charge is -2.40. The number of carbonyl (C=O) groups excluding carboxylic acids is 2. The number of halogens is 2. The number of ether oxygens (including phenoxy) is 1. The van der Waals surface area contributed by atoms with Gasteiger partial charge in [0.25, 0.3) is 11.8 Å². The summed E-state index contributed by atoms with van der Waals surface area (Å²) in [6.45, 7) is 4.42. The molecule has 2 aliphatic rings. The molecule has 0 aliphatic carbocycles. The van der Waals surface area contributed by atoms with Crippen LogP contribution in [0.4, 0.5) is 8.78 Å². The second-order valence-electron chi connectivity index (χ2n) is 8.45. The van der Waals surface area contributed by atoms with E-state index >= 15 is 0 Å². The van der Waals surface area contributed by atoms with E-state index in [1.54, 1.807) is 21.9 Å². The topological polar surface area (TPSA) is 49.9 Å². The first-order valence-corrected chi connectivity index (χ1v) is 10.8. The van der Waals surface area contributed by atoms with Crippen molar-refractivity contribution in [3.63, 3.8) is 0 Å². The van der Waals surface area contributed by atoms with Gasteiger partial charge >= 0.3 is 0 Å². The van der Waals surface area contributed by atoms with Gasteiger partial charge in [0.05, 0.1) is 6.10 Å². The Hall–Kier alpha value is -3.74. The van der Waals surface area contributed by atoms with Gasteiger partial charge in [-0.2, -0.15) is 0 Å². The van der Waals surface area contributed by atoms with Crippen LogP contribution in [0, 0.1) is 11.6 Å². The quantitative estimate of drug-likeness (QED) is 0.588. The summed E-state index contributed by atoms with van der Waals surface area (Å²) in [7, 11) is 0. The Morgan fingerprint density at radius 2 is 1.70 bits per heavy atom. The molecule has 1 saturated heterocycles. The smallest absolute Gasteiger partial charge is 0.256 e. The van der Waals surface area contributed by atoms with E-state index < -0.39 is 23.2 Å². The maximum Gasteiger partial charge on any atom is 0.256 e. The highest BCUT2D eigenvalue weighted by atomic mass is 19.2. The van der Waals surface area contributed by atoms with Crippen molar-refractivity contribution < 1.29 is 23.1 Å². The normalized spacial score (nSPS) is 19.1. The van der Waals surface area contributed by atoms with E-state index in [2.05, 4.69) is 0 Å². The molecular formula is C26H22F2N2O3. The molecule has 2 aliphatic heterocycles. The van der Waals surface area contributed by atoms with Crippen LogP contribution in [0.25, 0.3) is 0 Å². The molecule has 5 rings (SSSR count). The predicted molar refractivity (Wildman–Crippen MR) is 118 cm³/mol. The number of hydrogen-bond donors (Lipinski definition) is 0. The fourth-order valence-electron chi connectivity index (χ4n) is 4.87. The second kappa shape index (κ2) is 7.69. The summed E-state index contributed by atoms with van der Waals surface area (Å²) >= 11 is 0. The van der Waals surface area contributed by atoms with E-state index in [9.17, 15) is 18.4 Å². The zero-order chi connectivity index (χ0) is 23.3. The van der Waals surface area contributed by atoms with Crippen molar-refractivity contribution in [2.45, 2.75) is 25.6 Å². The van der Waals surface area contributed by atoms with Crippen LogP contribution in [0.3, 0.4) is 0 Å². The Bertz CT molecular complexity index is 1260. The van der Waals surface area contributed by atoms with Crippen LogP contribution in [-0.2, 0) is 5.66 Å². The van der Waals surface area contributed by atoms with Crippen molar-refractivity contribution in [1.82, 2.24) is 9.80 Å². The first kappa shape index (κ1) is 21.1. The van der Waals surface area contributed by atoms with E-state index in [1.165, 1.54) is 6.07 Å². The first-order chi connectivity index (χ1) is 15.8. The number of hydrogen-bond acceptors (Lipinski definition) is 3. The summed E-state index contributed by atoms with van der Waals surface area (Å²) in [5, 5.41) is 0. The van der Waals surface area contributed by atoms with Crippen LogP contribution in [0.2, 0.25) is 0 Å². The molecule has 3 aromatic carbocycles. The van der Waals surface area contributed by atoms with Gasteiger partial charge in [-0.3, -0.25) is 9.59 Å². The molecule has 33 heavy (non-hydrogen) atoms. The van der Waals surface area contributed by atoms with E-state index in [0.717, 1.165) is 12.1 Å². The lowest BCUT2D eigenvalue weighted by Crippen LogP contribution is -2.51. The molecule has 0 spiro atoms. The molecule has 0 bridgehead atoms. The highest BCUT2D eigenvalue weighted by Crippen LogP contribution is 2.50. The molecule has 0 radical (unpaired) electrons. The first-order valence-electron chi connectivity index (χ1n) is 10.8. The maximum absolute atomic E-state index is 13.9. The standard InChI is InChI=1S/C26H22F2N2O3/c1-16(2)33-19-10-8-18(9-11-19)26-21-6-4-3-5-20(21)25(32)30(26)14-13-29(26)24(31)17-7-12-22(27)23(28)15-17/h3-12,15-16H,13-14H2,1-2H3. The Kier molecular flexibility index (Phi) is 4.92. The molecule has 1 atom stereocenters. The Labute approximate surface area is 190 Å². The number of fused-ring (bicyclic) bond motifs is 3. The average molecular weight is 448 g/mol. The van der Waals surface area contributed by atoms with Gasteiger partial charge in [-0.1, -0.05) is 30.3 Å². The highest BCUT2D eigenvalue weighted by Gasteiger charge is 2.59. The molecule has 3 aromatic rings. The lowest BCUT2D eigenvalue weighted by molar-refractivity contribution is 0.0374. The number of nitrogens with zero attached hydrogens (tertiary/aromatic N) is 2. The number of amides is 2. The Morgan fingerprint density at radius 1 is 0.970 bits per heavy atom. The van der Waals surface area contributed by atoms with Gasteiger partial charge in [0.15, 0.2) is 17.3 Å². The predicted octanol–water partition coefficient (Wildman–Crippen LogP) is 4.56. The highest BCUT2D eigenvalue weighted by molar-refractivity contribution is 6.03. The Morgan fingerprint density at radius 3 is 2.39 bits per heavy atom. The zero-order valence-corrected chi connectivity index (χ0v) is 18.2. The summed E-state index contributed by atoms with van der Waals surface area (Å²) in [5.41, 5.74) is 0.743. The molecule has 1 fully saturated rings. The van der Waals surface area contributed by atoms with Gasteiger partial charge < -0.3 is 14.5 Å². The minimum atomic E-state index is -1.19. The van der Waals surface area contributed by atoms with Crippen molar-refractivity contribution in [1.29, 1.82) is 0 Å². The van der Waals surface area contributed by atoms with Crippen LogP contribution in [0.15, 0.2) is 66.7 Å². The van der Waals surface area contributed by atoms with Crippen molar-refractivity contribution in [2.75, 3.05) is 13.1 Å². The van der Waals surface area contributed by atoms with Gasteiger partial charge in [0.1, 0.15) is 5.75 Å². The monoisotopic (exact) mass is 448 g/mol. The summed E-state index contributed by atoms with van der Waals surface area (Å²) in [6, 6.07) is 17.6. The van der Waals surface area contributed by atoms with Gasteiger partial charge in [0, 0.05) is 35.3 Å². The minimum absolute atomic E-state index is 0.00257. The number of rotatable bonds is 4. The molecule has 0 saturated carbocycles. The summed E-state index contributed by atoms with van der Waals surface area (Å²) < 4.78 is 33.2. The van der Waals surface area contributed by atoms with Crippen molar-refractivity contribution >= 4 is 11.8 Å². The van der Waals surface area contributed by atoms with Gasteiger partial charge in [-0.25, -0.2) is 8.78 Å².